The number of isothiocyanates is 1. The second-order valence-electron chi connectivity index (χ2n) is 6.86. The summed E-state index contributed by atoms with van der Waals surface area (Å²) in [5.41, 5.74) is 1.56. The summed E-state index contributed by atoms with van der Waals surface area (Å²) in [7, 11) is 0. The lowest BCUT2D eigenvalue weighted by Gasteiger charge is -2.19. The van der Waals surface area contributed by atoms with Crippen molar-refractivity contribution in [1.29, 1.82) is 0 Å². The Hall–Kier alpha value is -3.39. The number of carboxylic acids is 1. The molecule has 0 bridgehead atoms. The normalized spacial score (nSPS) is 13.3. The van der Waals surface area contributed by atoms with Gasteiger partial charge in [-0.3, -0.25) is 9.59 Å². The molecule has 0 radical (unpaired) electrons. The number of carbonyl (C=O) groups is 3. The Balaban J connectivity index is 1.95. The van der Waals surface area contributed by atoms with Gasteiger partial charge >= 0.3 is 5.97 Å². The zero-order valence-electron chi connectivity index (χ0n) is 16.9. The Morgan fingerprint density at radius 2 is 1.61 bits per heavy atom. The number of aliphatic hydroxyl groups excluding tert-OH is 1. The van der Waals surface area contributed by atoms with Crippen LogP contribution in [0.15, 0.2) is 53.5 Å². The minimum atomic E-state index is -1.39. The number of carboxylic acid groups (broad SMARTS) is 1. The third-order valence-electron chi connectivity index (χ3n) is 4.30. The third-order valence-corrected chi connectivity index (χ3v) is 4.39. The highest BCUT2D eigenvalue weighted by molar-refractivity contribution is 7.78. The molecule has 2 aromatic carbocycles. The van der Waals surface area contributed by atoms with Crippen molar-refractivity contribution in [3.63, 3.8) is 0 Å². The van der Waals surface area contributed by atoms with Gasteiger partial charge in [0.05, 0.1) is 23.4 Å². The molecule has 0 aromatic heterocycles. The fourth-order valence-corrected chi connectivity index (χ4v) is 2.85. The number of rotatable bonds is 10. The minimum absolute atomic E-state index is 0.103. The number of amides is 1. The lowest BCUT2D eigenvalue weighted by atomic mass is 10.0. The van der Waals surface area contributed by atoms with Crippen molar-refractivity contribution in [2.75, 3.05) is 0 Å². The molecule has 0 fully saturated rings. The van der Waals surface area contributed by atoms with Crippen LogP contribution in [0, 0.1) is 0 Å². The molecule has 0 spiro atoms. The van der Waals surface area contributed by atoms with Gasteiger partial charge in [0.15, 0.2) is 11.8 Å². The van der Waals surface area contributed by atoms with Crippen LogP contribution in [-0.4, -0.2) is 51.3 Å². The van der Waals surface area contributed by atoms with E-state index in [2.05, 4.69) is 27.7 Å². The van der Waals surface area contributed by atoms with E-state index in [4.69, 9.17) is 9.84 Å². The summed E-state index contributed by atoms with van der Waals surface area (Å²) < 4.78 is 5.66. The molecule has 3 N–H and O–H groups in total. The maximum absolute atomic E-state index is 12.6. The Kier molecular flexibility index (Phi) is 8.57. The van der Waals surface area contributed by atoms with Crippen molar-refractivity contribution in [3.05, 3.63) is 59.7 Å². The van der Waals surface area contributed by atoms with Crippen molar-refractivity contribution in [2.24, 2.45) is 4.99 Å². The number of aliphatic carboxylic acids is 1. The molecule has 2 rings (SSSR count). The molecule has 1 amide bonds. The Morgan fingerprint density at radius 1 is 1.06 bits per heavy atom. The maximum Gasteiger partial charge on any atom is 0.328 e. The summed E-state index contributed by atoms with van der Waals surface area (Å²) >= 11 is 4.55. The average Bonchev–Trinajstić information content (AvgIpc) is 2.72. The van der Waals surface area contributed by atoms with Gasteiger partial charge in [-0.1, -0.05) is 0 Å². The first kappa shape index (κ1) is 23.9. The number of benzene rings is 2. The first-order valence-corrected chi connectivity index (χ1v) is 9.81. The lowest BCUT2D eigenvalue weighted by molar-refractivity contribution is -0.145. The van der Waals surface area contributed by atoms with Gasteiger partial charge in [-0.25, -0.2) is 4.79 Å². The molecule has 3 atom stereocenters. The number of aliphatic hydroxyl groups is 1. The van der Waals surface area contributed by atoms with Crippen LogP contribution in [0.2, 0.25) is 0 Å². The van der Waals surface area contributed by atoms with Crippen LogP contribution in [0.5, 0.6) is 5.75 Å². The highest BCUT2D eigenvalue weighted by Gasteiger charge is 2.25. The SMILES string of the molecule is CC(CC(=O)NC(C(=O)O)C(C)O)Oc1ccc(C(=O)c2ccc(N=C=S)cc2)cc1. The third kappa shape index (κ3) is 7.11. The summed E-state index contributed by atoms with van der Waals surface area (Å²) in [4.78, 5) is 39.5. The molecular formula is C22H22N2O6S. The van der Waals surface area contributed by atoms with E-state index < -0.39 is 30.1 Å². The van der Waals surface area contributed by atoms with E-state index in [1.54, 1.807) is 55.5 Å². The van der Waals surface area contributed by atoms with Crippen molar-refractivity contribution in [2.45, 2.75) is 38.5 Å². The first-order chi connectivity index (χ1) is 14.7. The topological polar surface area (TPSA) is 125 Å². The first-order valence-electron chi connectivity index (χ1n) is 9.41. The number of aliphatic imine (C=N–C) groups is 1. The van der Waals surface area contributed by atoms with E-state index in [1.807, 2.05) is 0 Å². The van der Waals surface area contributed by atoms with Crippen LogP contribution >= 0.6 is 12.2 Å². The number of nitrogens with one attached hydrogen (secondary N) is 1. The smallest absolute Gasteiger partial charge is 0.328 e. The second-order valence-corrected chi connectivity index (χ2v) is 7.04. The minimum Gasteiger partial charge on any atom is -0.490 e. The number of ether oxygens (including phenoxy) is 1. The van der Waals surface area contributed by atoms with E-state index in [0.717, 1.165) is 0 Å². The van der Waals surface area contributed by atoms with Gasteiger partial charge in [-0.2, -0.15) is 4.99 Å². The molecule has 9 heteroatoms. The van der Waals surface area contributed by atoms with Gasteiger partial charge in [-0.15, -0.1) is 0 Å². The number of carbonyl (C=O) groups excluding carboxylic acids is 2. The molecule has 3 unspecified atom stereocenters. The summed E-state index contributed by atoms with van der Waals surface area (Å²) in [6.07, 6.45) is -1.89. The number of ketones is 1. The lowest BCUT2D eigenvalue weighted by Crippen LogP contribution is -2.48. The Morgan fingerprint density at radius 3 is 2.10 bits per heavy atom. The van der Waals surface area contributed by atoms with Gasteiger partial charge in [0.1, 0.15) is 11.9 Å². The maximum atomic E-state index is 12.6. The van der Waals surface area contributed by atoms with E-state index >= 15 is 0 Å². The van der Waals surface area contributed by atoms with Gasteiger partial charge in [0, 0.05) is 11.1 Å². The zero-order valence-corrected chi connectivity index (χ0v) is 17.8. The summed E-state index contributed by atoms with van der Waals surface area (Å²) in [5, 5.41) is 23.0. The van der Waals surface area contributed by atoms with Crippen LogP contribution in [0.3, 0.4) is 0 Å². The molecule has 31 heavy (non-hydrogen) atoms. The van der Waals surface area contributed by atoms with Crippen LogP contribution in [0.4, 0.5) is 5.69 Å². The second kappa shape index (κ2) is 11.1. The predicted molar refractivity (Wildman–Crippen MR) is 117 cm³/mol. The van der Waals surface area contributed by atoms with Crippen LogP contribution in [0.1, 0.15) is 36.2 Å². The number of nitrogens with zero attached hydrogens (tertiary/aromatic N) is 1. The van der Waals surface area contributed by atoms with E-state index in [0.29, 0.717) is 22.6 Å². The van der Waals surface area contributed by atoms with Crippen LogP contribution < -0.4 is 10.1 Å². The highest BCUT2D eigenvalue weighted by atomic mass is 32.1. The van der Waals surface area contributed by atoms with Crippen LogP contribution in [-0.2, 0) is 9.59 Å². The molecule has 0 heterocycles. The van der Waals surface area contributed by atoms with Gasteiger partial charge in [0.25, 0.3) is 0 Å². The molecule has 0 aliphatic carbocycles. The van der Waals surface area contributed by atoms with Crippen LogP contribution in [0.25, 0.3) is 0 Å². The van der Waals surface area contributed by atoms with Crippen molar-refractivity contribution < 1.29 is 29.3 Å². The zero-order chi connectivity index (χ0) is 23.0. The van der Waals surface area contributed by atoms with E-state index in [1.165, 1.54) is 6.92 Å². The molecule has 162 valence electrons. The molecule has 0 saturated carbocycles. The molecule has 0 aliphatic heterocycles. The molecular weight excluding hydrogens is 420 g/mol. The number of hydrogen-bond donors (Lipinski definition) is 3. The summed E-state index contributed by atoms with van der Waals surface area (Å²) in [6, 6.07) is 11.7. The summed E-state index contributed by atoms with van der Waals surface area (Å²) in [5.74, 6) is -1.60. The average molecular weight is 442 g/mol. The fourth-order valence-electron chi connectivity index (χ4n) is 2.75. The molecule has 0 saturated heterocycles. The van der Waals surface area contributed by atoms with Gasteiger partial charge in [-0.05, 0) is 74.6 Å². The Bertz CT molecular complexity index is 982. The van der Waals surface area contributed by atoms with Crippen molar-refractivity contribution in [1.82, 2.24) is 5.32 Å². The van der Waals surface area contributed by atoms with Gasteiger partial charge < -0.3 is 20.3 Å². The number of thiocarbonyl (C=S) groups is 1. The Labute approximate surface area is 184 Å². The predicted octanol–water partition coefficient (Wildman–Crippen LogP) is 2.76. The standard InChI is InChI=1S/C22H22N2O6S/c1-13(11-19(26)24-20(14(2)25)22(28)29)30-18-9-5-16(6-10-18)21(27)15-3-7-17(8-4-15)23-12-31/h3-10,13-14,20,25H,11H2,1-2H3,(H,24,26)(H,28,29). The molecule has 2 aromatic rings. The number of hydrogen-bond acceptors (Lipinski definition) is 7. The van der Waals surface area contributed by atoms with E-state index in [9.17, 15) is 19.5 Å². The monoisotopic (exact) mass is 442 g/mol. The molecule has 8 nitrogen and oxygen atoms in total. The fraction of sp³-hybridized carbons (Fsp3) is 0.273. The van der Waals surface area contributed by atoms with Crippen molar-refractivity contribution in [3.8, 4) is 5.75 Å². The summed E-state index contributed by atoms with van der Waals surface area (Å²) in [6.45, 7) is 2.94. The van der Waals surface area contributed by atoms with Gasteiger partial charge in [0.2, 0.25) is 5.91 Å². The largest absolute Gasteiger partial charge is 0.490 e. The quantitative estimate of drug-likeness (QED) is 0.293. The molecule has 0 aliphatic rings. The van der Waals surface area contributed by atoms with Crippen molar-refractivity contribution >= 4 is 40.7 Å². The van der Waals surface area contributed by atoms with E-state index in [-0.39, 0.29) is 12.2 Å². The highest BCUT2D eigenvalue weighted by Crippen LogP contribution is 2.19.